The fraction of sp³-hybridized carbons (Fsp3) is 0.190. The molecule has 0 fully saturated rings. The molecule has 0 aliphatic rings. The van der Waals surface area contributed by atoms with Gasteiger partial charge in [-0.05, 0) is 55.6 Å². The van der Waals surface area contributed by atoms with E-state index in [2.05, 4.69) is 10.3 Å². The summed E-state index contributed by atoms with van der Waals surface area (Å²) >= 11 is 1.60. The molecule has 0 aliphatic carbocycles. The Morgan fingerprint density at radius 1 is 1.18 bits per heavy atom. The molecule has 0 spiro atoms. The zero-order valence-corrected chi connectivity index (χ0v) is 16.5. The lowest BCUT2D eigenvalue weighted by molar-refractivity contribution is -0.116. The lowest BCUT2D eigenvalue weighted by Crippen LogP contribution is -2.27. The summed E-state index contributed by atoms with van der Waals surface area (Å²) in [6.45, 7) is 2.42. The second-order valence-electron chi connectivity index (χ2n) is 5.98. The minimum Gasteiger partial charge on any atom is -0.494 e. The highest BCUT2D eigenvalue weighted by molar-refractivity contribution is 7.98. The first kappa shape index (κ1) is 19.7. The second kappa shape index (κ2) is 9.23. The van der Waals surface area contributed by atoms with Crippen LogP contribution in [0, 0.1) is 0 Å². The second-order valence-corrected chi connectivity index (χ2v) is 6.86. The molecule has 1 N–H and O–H groups in total. The number of thioether (sulfide) groups is 1. The molecule has 144 valence electrons. The average molecular weight is 395 g/mol. The van der Waals surface area contributed by atoms with Gasteiger partial charge < -0.3 is 10.1 Å². The van der Waals surface area contributed by atoms with Crippen molar-refractivity contribution in [2.24, 2.45) is 0 Å². The number of ether oxygens (including phenoxy) is 1. The Bertz CT molecular complexity index is 1020. The van der Waals surface area contributed by atoms with Gasteiger partial charge in [-0.25, -0.2) is 4.98 Å². The van der Waals surface area contributed by atoms with Crippen LogP contribution in [-0.4, -0.2) is 28.3 Å². The number of nitrogens with one attached hydrogen (secondary N) is 1. The van der Waals surface area contributed by atoms with Crippen LogP contribution >= 0.6 is 11.8 Å². The first-order valence-corrected chi connectivity index (χ1v) is 10.0. The van der Waals surface area contributed by atoms with Gasteiger partial charge in [-0.3, -0.25) is 14.2 Å². The van der Waals surface area contributed by atoms with E-state index in [1.54, 1.807) is 11.8 Å². The van der Waals surface area contributed by atoms with Gasteiger partial charge in [-0.1, -0.05) is 6.07 Å². The molecular formula is C21H21N3O3S. The van der Waals surface area contributed by atoms with Crippen molar-refractivity contribution in [1.82, 2.24) is 9.55 Å². The summed E-state index contributed by atoms with van der Waals surface area (Å²) in [5, 5.41) is 2.80. The predicted molar refractivity (Wildman–Crippen MR) is 112 cm³/mol. The van der Waals surface area contributed by atoms with Crippen molar-refractivity contribution in [3.05, 3.63) is 71.3 Å². The van der Waals surface area contributed by atoms with Crippen LogP contribution < -0.4 is 15.6 Å². The Kier molecular flexibility index (Phi) is 6.49. The molecular weight excluding hydrogens is 374 g/mol. The number of hydrogen-bond donors (Lipinski definition) is 1. The number of hydrogen-bond acceptors (Lipinski definition) is 5. The van der Waals surface area contributed by atoms with Crippen molar-refractivity contribution >= 4 is 23.4 Å². The Labute approximate surface area is 167 Å². The topological polar surface area (TPSA) is 73.2 Å². The fourth-order valence-corrected chi connectivity index (χ4v) is 3.11. The summed E-state index contributed by atoms with van der Waals surface area (Å²) < 4.78 is 6.70. The highest BCUT2D eigenvalue weighted by Gasteiger charge is 2.08. The van der Waals surface area contributed by atoms with Gasteiger partial charge >= 0.3 is 0 Å². The van der Waals surface area contributed by atoms with Crippen molar-refractivity contribution in [3.63, 3.8) is 0 Å². The van der Waals surface area contributed by atoms with Gasteiger partial charge in [0.2, 0.25) is 5.91 Å². The molecule has 6 nitrogen and oxygen atoms in total. The number of carbonyl (C=O) groups excluding carboxylic acids is 1. The maximum atomic E-state index is 12.4. The van der Waals surface area contributed by atoms with Crippen LogP contribution in [0.2, 0.25) is 0 Å². The highest BCUT2D eigenvalue weighted by Crippen LogP contribution is 2.20. The van der Waals surface area contributed by atoms with Crippen molar-refractivity contribution in [2.45, 2.75) is 18.4 Å². The van der Waals surface area contributed by atoms with E-state index in [4.69, 9.17) is 4.74 Å². The first-order chi connectivity index (χ1) is 13.6. The number of rotatable bonds is 7. The van der Waals surface area contributed by atoms with Gasteiger partial charge in [0, 0.05) is 22.2 Å². The van der Waals surface area contributed by atoms with E-state index in [0.29, 0.717) is 18.0 Å². The van der Waals surface area contributed by atoms with Crippen molar-refractivity contribution in [1.29, 1.82) is 0 Å². The lowest BCUT2D eigenvalue weighted by Gasteiger charge is -2.09. The zero-order chi connectivity index (χ0) is 19.9. The largest absolute Gasteiger partial charge is 0.494 e. The minimum atomic E-state index is -0.285. The number of aromatic nitrogens is 2. The molecule has 0 saturated heterocycles. The summed E-state index contributed by atoms with van der Waals surface area (Å²) in [7, 11) is 0. The standard InChI is InChI=1S/C21H21N3O3S/c1-3-27-17-9-7-15(8-10-17)19-12-21(26)24(14-22-19)13-20(25)23-16-5-4-6-18(11-16)28-2/h4-12,14H,3,13H2,1-2H3,(H,23,25). The summed E-state index contributed by atoms with van der Waals surface area (Å²) in [6, 6.07) is 16.3. The molecule has 0 atom stereocenters. The van der Waals surface area contributed by atoms with Crippen molar-refractivity contribution in [2.75, 3.05) is 18.2 Å². The molecule has 1 heterocycles. The van der Waals surface area contributed by atoms with Gasteiger partial charge in [0.05, 0.1) is 18.6 Å². The Balaban J connectivity index is 1.69. The molecule has 1 aromatic heterocycles. The summed E-state index contributed by atoms with van der Waals surface area (Å²) in [6.07, 6.45) is 3.37. The number of anilines is 1. The Morgan fingerprint density at radius 3 is 2.64 bits per heavy atom. The molecule has 0 aliphatic heterocycles. The van der Waals surface area contributed by atoms with E-state index in [-0.39, 0.29) is 18.0 Å². The zero-order valence-electron chi connectivity index (χ0n) is 15.7. The van der Waals surface area contributed by atoms with Gasteiger partial charge in [0.1, 0.15) is 12.3 Å². The SMILES string of the molecule is CCOc1ccc(-c2cc(=O)n(CC(=O)Nc3cccc(SC)c3)cn2)cc1. The number of benzene rings is 2. The van der Waals surface area contributed by atoms with Crippen LogP contribution in [0.15, 0.2) is 70.6 Å². The maximum absolute atomic E-state index is 12.4. The van der Waals surface area contributed by atoms with Gasteiger partial charge in [-0.2, -0.15) is 0 Å². The molecule has 1 amide bonds. The van der Waals surface area contributed by atoms with Gasteiger partial charge in [0.25, 0.3) is 5.56 Å². The molecule has 2 aromatic carbocycles. The van der Waals surface area contributed by atoms with Crippen molar-refractivity contribution < 1.29 is 9.53 Å². The van der Waals surface area contributed by atoms with E-state index in [1.807, 2.05) is 61.7 Å². The molecule has 0 unspecified atom stereocenters. The van der Waals surface area contributed by atoms with Crippen LogP contribution in [-0.2, 0) is 11.3 Å². The van der Waals surface area contributed by atoms with E-state index < -0.39 is 0 Å². The maximum Gasteiger partial charge on any atom is 0.254 e. The molecule has 3 rings (SSSR count). The average Bonchev–Trinajstić information content (AvgIpc) is 2.70. The van der Waals surface area contributed by atoms with E-state index >= 15 is 0 Å². The lowest BCUT2D eigenvalue weighted by atomic mass is 10.1. The fourth-order valence-electron chi connectivity index (χ4n) is 2.65. The molecule has 28 heavy (non-hydrogen) atoms. The molecule has 7 heteroatoms. The van der Waals surface area contributed by atoms with Crippen molar-refractivity contribution in [3.8, 4) is 17.0 Å². The molecule has 0 saturated carbocycles. The van der Waals surface area contributed by atoms with E-state index in [0.717, 1.165) is 16.2 Å². The third-order valence-electron chi connectivity index (χ3n) is 4.01. The van der Waals surface area contributed by atoms with Crippen LogP contribution in [0.3, 0.4) is 0 Å². The minimum absolute atomic E-state index is 0.0983. The van der Waals surface area contributed by atoms with Gasteiger partial charge in [0.15, 0.2) is 0 Å². The summed E-state index contributed by atoms with van der Waals surface area (Å²) in [5.41, 5.74) is 1.78. The van der Waals surface area contributed by atoms with Crippen LogP contribution in [0.1, 0.15) is 6.92 Å². The van der Waals surface area contributed by atoms with Crippen LogP contribution in [0.25, 0.3) is 11.3 Å². The summed E-state index contributed by atoms with van der Waals surface area (Å²) in [5.74, 6) is 0.484. The number of amides is 1. The van der Waals surface area contributed by atoms with E-state index in [9.17, 15) is 9.59 Å². The highest BCUT2D eigenvalue weighted by atomic mass is 32.2. The van der Waals surface area contributed by atoms with Crippen LogP contribution in [0.5, 0.6) is 5.75 Å². The van der Waals surface area contributed by atoms with E-state index in [1.165, 1.54) is 17.0 Å². The third kappa shape index (κ3) is 5.01. The van der Waals surface area contributed by atoms with Gasteiger partial charge in [-0.15, -0.1) is 11.8 Å². The molecule has 0 radical (unpaired) electrons. The summed E-state index contributed by atoms with van der Waals surface area (Å²) in [4.78, 5) is 30.0. The third-order valence-corrected chi connectivity index (χ3v) is 4.73. The molecule has 0 bridgehead atoms. The Morgan fingerprint density at radius 2 is 1.96 bits per heavy atom. The first-order valence-electron chi connectivity index (χ1n) is 8.82. The molecule has 3 aromatic rings. The number of carbonyl (C=O) groups is 1. The Hall–Kier alpha value is -3.06. The number of nitrogens with zero attached hydrogens (tertiary/aromatic N) is 2. The monoisotopic (exact) mass is 395 g/mol. The van der Waals surface area contributed by atoms with Crippen LogP contribution in [0.4, 0.5) is 5.69 Å². The quantitative estimate of drug-likeness (QED) is 0.618. The normalized spacial score (nSPS) is 10.5. The predicted octanol–water partition coefficient (Wildman–Crippen LogP) is 3.67. The smallest absolute Gasteiger partial charge is 0.254 e.